The second-order valence-corrected chi connectivity index (χ2v) is 28.7. The number of nitrogens with zero attached hydrogens (tertiary/aromatic N) is 9. The molecular weight excluding hydrogens is 1330 g/mol. The molecule has 0 spiro atoms. The van der Waals surface area contributed by atoms with E-state index in [-0.39, 0.29) is 0 Å². The summed E-state index contributed by atoms with van der Waals surface area (Å²) in [5.41, 5.74) is 24.3. The first-order chi connectivity index (χ1) is 54.0. The van der Waals surface area contributed by atoms with E-state index < -0.39 is 0 Å². The Morgan fingerprint density at radius 1 is 0.156 bits per heavy atom. The lowest BCUT2D eigenvalue weighted by molar-refractivity contribution is 0.669. The van der Waals surface area contributed by atoms with Gasteiger partial charge < -0.3 is 18.1 Å². The third kappa shape index (κ3) is 8.76. The molecular formula is C99H59N9O. The topological polar surface area (TPSA) is 81.4 Å². The van der Waals surface area contributed by atoms with Crippen molar-refractivity contribution in [2.45, 2.75) is 0 Å². The Kier molecular flexibility index (Phi) is 12.5. The summed E-state index contributed by atoms with van der Waals surface area (Å²) in [4.78, 5) is 17.5. The fourth-order valence-electron chi connectivity index (χ4n) is 18.0. The van der Waals surface area contributed by atoms with Crippen LogP contribution in [0.4, 0.5) is 0 Å². The van der Waals surface area contributed by atoms with Gasteiger partial charge in [-0.25, -0.2) is 0 Å². The van der Waals surface area contributed by atoms with Gasteiger partial charge in [0.05, 0.1) is 66.2 Å². The van der Waals surface area contributed by atoms with Crippen LogP contribution in [0.1, 0.15) is 0 Å². The molecule has 0 atom stereocenters. The van der Waals surface area contributed by atoms with Crippen molar-refractivity contribution in [1.29, 1.82) is 0 Å². The lowest BCUT2D eigenvalue weighted by Crippen LogP contribution is -2.13. The Bertz CT molecular complexity index is 7770. The van der Waals surface area contributed by atoms with Crippen molar-refractivity contribution in [2.24, 2.45) is 0 Å². The number of rotatable bonds is 9. The van der Waals surface area contributed by atoms with Gasteiger partial charge in [-0.3, -0.25) is 13.7 Å². The molecule has 10 nitrogen and oxygen atoms in total. The summed E-state index contributed by atoms with van der Waals surface area (Å²) in [5, 5.41) is 15.7. The summed E-state index contributed by atoms with van der Waals surface area (Å²) in [6.45, 7) is 0. The van der Waals surface area contributed by atoms with E-state index in [1.54, 1.807) is 0 Å². The summed E-state index contributed by atoms with van der Waals surface area (Å²) in [6.07, 6.45) is 0. The Hall–Kier alpha value is -14.9. The van der Waals surface area contributed by atoms with Gasteiger partial charge in [-0.15, -0.1) is 0 Å². The van der Waals surface area contributed by atoms with E-state index in [1.807, 2.05) is 12.1 Å². The van der Waals surface area contributed by atoms with Gasteiger partial charge in [0.25, 0.3) is 0 Å². The third-order valence-corrected chi connectivity index (χ3v) is 22.9. The molecule has 8 heterocycles. The quantitative estimate of drug-likeness (QED) is 0.144. The molecule has 0 amide bonds. The van der Waals surface area contributed by atoms with E-state index >= 15 is 0 Å². The van der Waals surface area contributed by atoms with Gasteiger partial charge in [0, 0.05) is 98.5 Å². The van der Waals surface area contributed by atoms with Crippen LogP contribution < -0.4 is 0 Å². The maximum Gasteiger partial charge on any atom is 0.241 e. The number of benzene rings is 16. The molecule has 10 heteroatoms. The summed E-state index contributed by atoms with van der Waals surface area (Å²) >= 11 is 0. The molecule has 0 radical (unpaired) electrons. The van der Waals surface area contributed by atoms with Crippen molar-refractivity contribution < 1.29 is 4.42 Å². The fraction of sp³-hybridized carbons (Fsp3) is 0. The molecule has 0 fully saturated rings. The Morgan fingerprint density at radius 3 is 0.725 bits per heavy atom. The van der Waals surface area contributed by atoms with Crippen LogP contribution >= 0.6 is 0 Å². The molecule has 0 saturated heterocycles. The fourth-order valence-corrected chi connectivity index (χ4v) is 18.0. The zero-order valence-electron chi connectivity index (χ0n) is 58.5. The molecule has 506 valence electrons. The minimum atomic E-state index is 0.460. The standard InChI is InChI=1S/C99H59N9O/c1-4-22-66(23-5-1)103-83-34-16-10-28-69(83)75-52-60(40-46-88(75)103)63-43-49-91-78(55-63)72-31-13-19-37-86(72)106(91)97-100-98(102-99(101-97)108-87-38-20-14-32-73(87)81-58-82-74-33-15-21-39-95(74)109-96(82)59-94(81)108)107-92-50-44-64(61-41-47-89-76(53-61)70-29-11-17-35-84(70)104(89)67-24-6-2-7-25-67)56-79(92)80-57-65(45-51-93(80)107)62-42-48-90-77(54-62)71-30-12-18-36-85(71)105(90)68-26-8-3-9-27-68/h1-59H. The van der Waals surface area contributed by atoms with Crippen LogP contribution in [-0.4, -0.2) is 42.4 Å². The normalized spacial score (nSPS) is 12.2. The number of furan rings is 1. The SMILES string of the molecule is c1ccc(-n2c3ccccc3c3cc(-c4ccc5c(c4)c4ccccc4n5-c4nc(-n5c6ccc(-c7ccc8c(c7)c7ccccc7n8-c7ccccc7)cc6c6cc(-c7ccc8c(c7)c7ccccc7n8-c7ccccc7)ccc65)nc(-n5c6ccccc6c6cc7c(cc65)oc5ccccc57)n4)ccc32)cc1. The van der Waals surface area contributed by atoms with Crippen molar-refractivity contribution in [3.05, 3.63) is 358 Å². The highest BCUT2D eigenvalue weighted by molar-refractivity contribution is 6.19. The van der Waals surface area contributed by atoms with Gasteiger partial charge in [-0.2, -0.15) is 15.0 Å². The largest absolute Gasteiger partial charge is 0.456 e. The maximum absolute atomic E-state index is 6.73. The van der Waals surface area contributed by atoms with Crippen LogP contribution in [0.25, 0.3) is 221 Å². The average molecular weight is 1390 g/mol. The Morgan fingerprint density at radius 2 is 0.394 bits per heavy atom. The van der Waals surface area contributed by atoms with Crippen LogP contribution in [0.15, 0.2) is 362 Å². The molecule has 0 aliphatic heterocycles. The maximum atomic E-state index is 6.73. The summed E-state index contributed by atoms with van der Waals surface area (Å²) in [6, 6.07) is 130. The smallest absolute Gasteiger partial charge is 0.241 e. The van der Waals surface area contributed by atoms with Crippen LogP contribution in [0.3, 0.4) is 0 Å². The number of aromatic nitrogens is 9. The van der Waals surface area contributed by atoms with E-state index in [4.69, 9.17) is 19.4 Å². The van der Waals surface area contributed by atoms with Gasteiger partial charge >= 0.3 is 0 Å². The zero-order chi connectivity index (χ0) is 71.1. The van der Waals surface area contributed by atoms with Crippen molar-refractivity contribution in [3.63, 3.8) is 0 Å². The lowest BCUT2D eigenvalue weighted by atomic mass is 9.98. The minimum Gasteiger partial charge on any atom is -0.456 e. The summed E-state index contributed by atoms with van der Waals surface area (Å²) in [7, 11) is 0. The van der Waals surface area contributed by atoms with Crippen LogP contribution in [-0.2, 0) is 0 Å². The highest BCUT2D eigenvalue weighted by Gasteiger charge is 2.27. The monoisotopic (exact) mass is 1390 g/mol. The van der Waals surface area contributed by atoms with Crippen LogP contribution in [0.5, 0.6) is 0 Å². The van der Waals surface area contributed by atoms with Crippen molar-refractivity contribution in [2.75, 3.05) is 0 Å². The van der Waals surface area contributed by atoms with Crippen LogP contribution in [0.2, 0.25) is 0 Å². The number of para-hydroxylation sites is 9. The van der Waals surface area contributed by atoms with Gasteiger partial charge in [-0.1, -0.05) is 200 Å². The van der Waals surface area contributed by atoms with E-state index in [9.17, 15) is 0 Å². The van der Waals surface area contributed by atoms with Gasteiger partial charge in [0.15, 0.2) is 0 Å². The molecule has 24 aromatic rings. The molecule has 109 heavy (non-hydrogen) atoms. The Balaban J connectivity index is 0.753. The van der Waals surface area contributed by atoms with Gasteiger partial charge in [0.1, 0.15) is 11.2 Å². The molecule has 0 aliphatic rings. The van der Waals surface area contributed by atoms with E-state index in [1.165, 1.54) is 37.8 Å². The first-order valence-electron chi connectivity index (χ1n) is 37.1. The molecule has 16 aromatic carbocycles. The number of hydrogen-bond acceptors (Lipinski definition) is 4. The van der Waals surface area contributed by atoms with E-state index in [2.05, 4.69) is 373 Å². The van der Waals surface area contributed by atoms with E-state index in [0.29, 0.717) is 17.8 Å². The first-order valence-corrected chi connectivity index (χ1v) is 37.1. The zero-order valence-corrected chi connectivity index (χ0v) is 58.5. The van der Waals surface area contributed by atoms with Gasteiger partial charge in [-0.05, 0) is 185 Å². The molecule has 8 aromatic heterocycles. The van der Waals surface area contributed by atoms with Crippen molar-refractivity contribution in [3.8, 4) is 68.3 Å². The van der Waals surface area contributed by atoms with Gasteiger partial charge in [0.2, 0.25) is 17.8 Å². The van der Waals surface area contributed by atoms with E-state index in [0.717, 1.165) is 165 Å². The molecule has 0 N–H and O–H groups in total. The third-order valence-electron chi connectivity index (χ3n) is 22.9. The summed E-state index contributed by atoms with van der Waals surface area (Å²) < 4.78 is 20.6. The van der Waals surface area contributed by atoms with Crippen molar-refractivity contribution in [1.82, 2.24) is 42.4 Å². The average Bonchev–Trinajstić information content (AvgIpc) is 1.57. The molecule has 0 saturated carbocycles. The molecule has 24 rings (SSSR count). The number of fused-ring (bicyclic) bond motifs is 21. The van der Waals surface area contributed by atoms with Crippen LogP contribution in [0, 0.1) is 0 Å². The highest BCUT2D eigenvalue weighted by atomic mass is 16.3. The molecule has 0 unspecified atom stereocenters. The highest BCUT2D eigenvalue weighted by Crippen LogP contribution is 2.45. The Labute approximate surface area is 621 Å². The minimum absolute atomic E-state index is 0.460. The molecule has 0 aliphatic carbocycles. The first kappa shape index (κ1) is 59.5. The second kappa shape index (κ2) is 22.8. The number of hydrogen-bond donors (Lipinski definition) is 0. The lowest BCUT2D eigenvalue weighted by Gasteiger charge is -2.14. The second-order valence-electron chi connectivity index (χ2n) is 28.7. The van der Waals surface area contributed by atoms with Crippen molar-refractivity contribution >= 4 is 153 Å². The predicted octanol–water partition coefficient (Wildman–Crippen LogP) is 25.4. The molecule has 0 bridgehead atoms. The predicted molar refractivity (Wildman–Crippen MR) is 449 cm³/mol. The summed E-state index contributed by atoms with van der Waals surface area (Å²) in [5.74, 6) is 1.40.